The van der Waals surface area contributed by atoms with Crippen molar-refractivity contribution in [3.05, 3.63) is 0 Å². The molecule has 1 amide bonds. The van der Waals surface area contributed by atoms with E-state index in [1.54, 1.807) is 0 Å². The van der Waals surface area contributed by atoms with Crippen LogP contribution in [0.5, 0.6) is 0 Å². The van der Waals surface area contributed by atoms with Gasteiger partial charge >= 0.3 is 0 Å². The zero-order valence-electron chi connectivity index (χ0n) is 14.7. The summed E-state index contributed by atoms with van der Waals surface area (Å²) in [6.07, 6.45) is 2.49. The molecule has 0 radical (unpaired) electrons. The van der Waals surface area contributed by atoms with Gasteiger partial charge in [-0.2, -0.15) is 0 Å². The molecule has 23 heavy (non-hydrogen) atoms. The van der Waals surface area contributed by atoms with E-state index in [2.05, 4.69) is 25.7 Å². The van der Waals surface area contributed by atoms with Crippen molar-refractivity contribution < 1.29 is 9.53 Å². The Morgan fingerprint density at radius 3 is 2.09 bits per heavy atom. The number of carbonyl (C=O) groups excluding carboxylic acids is 1. The summed E-state index contributed by atoms with van der Waals surface area (Å²) in [5.41, 5.74) is 5.98. The second kappa shape index (κ2) is 9.42. The summed E-state index contributed by atoms with van der Waals surface area (Å²) in [6.45, 7) is 12.7. The number of carbonyl (C=O) groups is 1. The molecule has 5 nitrogen and oxygen atoms in total. The first-order valence-electron chi connectivity index (χ1n) is 8.19. The minimum absolute atomic E-state index is 0. The van der Waals surface area contributed by atoms with Crippen LogP contribution in [0.4, 0.5) is 0 Å². The largest absolute Gasteiger partial charge is 0.381 e. The third-order valence-electron chi connectivity index (χ3n) is 4.65. The molecule has 2 aliphatic rings. The van der Waals surface area contributed by atoms with Crippen LogP contribution in [-0.2, 0) is 9.53 Å². The fraction of sp³-hybridized carbons (Fsp3) is 0.938. The van der Waals surface area contributed by atoms with E-state index in [1.807, 2.05) is 4.90 Å². The molecule has 0 atom stereocenters. The van der Waals surface area contributed by atoms with Crippen LogP contribution in [-0.4, -0.2) is 67.2 Å². The van der Waals surface area contributed by atoms with E-state index in [0.717, 1.165) is 32.7 Å². The quantitative estimate of drug-likeness (QED) is 0.825. The number of nitrogens with zero attached hydrogens (tertiary/aromatic N) is 2. The fourth-order valence-corrected chi connectivity index (χ4v) is 2.93. The Morgan fingerprint density at radius 1 is 1.09 bits per heavy atom. The monoisotopic (exact) mass is 369 g/mol. The molecule has 2 rings (SSSR count). The second-order valence-corrected chi connectivity index (χ2v) is 7.71. The summed E-state index contributed by atoms with van der Waals surface area (Å²) >= 11 is 0. The van der Waals surface area contributed by atoms with Gasteiger partial charge in [-0.15, -0.1) is 24.8 Å². The average Bonchev–Trinajstić information content (AvgIpc) is 2.45. The van der Waals surface area contributed by atoms with Gasteiger partial charge in [-0.05, 0) is 31.2 Å². The van der Waals surface area contributed by atoms with E-state index >= 15 is 0 Å². The van der Waals surface area contributed by atoms with Crippen molar-refractivity contribution in [2.75, 3.05) is 45.9 Å². The molecule has 0 aliphatic carbocycles. The molecular formula is C16H33Cl2N3O2. The van der Waals surface area contributed by atoms with Gasteiger partial charge in [0.25, 0.3) is 0 Å². The van der Waals surface area contributed by atoms with Crippen molar-refractivity contribution in [1.29, 1.82) is 0 Å². The van der Waals surface area contributed by atoms with Crippen LogP contribution in [0.3, 0.4) is 0 Å². The first-order chi connectivity index (χ1) is 9.80. The van der Waals surface area contributed by atoms with Gasteiger partial charge in [-0.1, -0.05) is 20.8 Å². The first kappa shape index (κ1) is 22.9. The number of piperazine rings is 1. The number of amides is 1. The minimum Gasteiger partial charge on any atom is -0.381 e. The van der Waals surface area contributed by atoms with Crippen molar-refractivity contribution >= 4 is 30.7 Å². The Bertz CT molecular complexity index is 361. The lowest BCUT2D eigenvalue weighted by molar-refractivity contribution is -0.142. The maximum atomic E-state index is 12.6. The van der Waals surface area contributed by atoms with Crippen molar-refractivity contribution in [2.24, 2.45) is 11.1 Å². The molecule has 2 aliphatic heterocycles. The van der Waals surface area contributed by atoms with Crippen LogP contribution in [0.15, 0.2) is 0 Å². The average molecular weight is 370 g/mol. The van der Waals surface area contributed by atoms with Crippen molar-refractivity contribution in [1.82, 2.24) is 9.80 Å². The molecule has 0 aromatic heterocycles. The maximum absolute atomic E-state index is 12.6. The predicted molar refractivity (Wildman–Crippen MR) is 98.6 cm³/mol. The van der Waals surface area contributed by atoms with Crippen LogP contribution in [0, 0.1) is 5.41 Å². The van der Waals surface area contributed by atoms with E-state index in [9.17, 15) is 4.79 Å². The topological polar surface area (TPSA) is 58.8 Å². The Balaban J connectivity index is 0.00000242. The molecule has 2 fully saturated rings. The van der Waals surface area contributed by atoms with E-state index in [1.165, 1.54) is 6.42 Å². The summed E-state index contributed by atoms with van der Waals surface area (Å²) in [4.78, 5) is 17.0. The number of halogens is 2. The smallest absolute Gasteiger partial charge is 0.242 e. The lowest BCUT2D eigenvalue weighted by atomic mass is 9.89. The number of nitrogens with two attached hydrogens (primary N) is 1. The van der Waals surface area contributed by atoms with E-state index in [-0.39, 0.29) is 30.7 Å². The van der Waals surface area contributed by atoms with Gasteiger partial charge in [-0.25, -0.2) is 0 Å². The van der Waals surface area contributed by atoms with E-state index in [4.69, 9.17) is 10.5 Å². The van der Waals surface area contributed by atoms with Gasteiger partial charge in [0.05, 0.1) is 5.54 Å². The molecule has 0 spiro atoms. The Morgan fingerprint density at radius 2 is 1.61 bits per heavy atom. The molecule has 7 heteroatoms. The molecule has 2 N–H and O–H groups in total. The third kappa shape index (κ3) is 6.75. The molecule has 0 bridgehead atoms. The zero-order valence-corrected chi connectivity index (χ0v) is 16.3. The highest BCUT2D eigenvalue weighted by Crippen LogP contribution is 2.22. The van der Waals surface area contributed by atoms with Gasteiger partial charge in [0.1, 0.15) is 0 Å². The lowest BCUT2D eigenvalue weighted by Crippen LogP contribution is -2.61. The van der Waals surface area contributed by atoms with E-state index < -0.39 is 5.54 Å². The number of hydrogen-bond donors (Lipinski definition) is 1. The molecule has 138 valence electrons. The maximum Gasteiger partial charge on any atom is 0.242 e. The molecule has 0 unspecified atom stereocenters. The highest BCUT2D eigenvalue weighted by Gasteiger charge is 2.39. The number of hydrogen-bond acceptors (Lipinski definition) is 4. The fourth-order valence-electron chi connectivity index (χ4n) is 2.93. The first-order valence-corrected chi connectivity index (χ1v) is 8.19. The third-order valence-corrected chi connectivity index (χ3v) is 4.65. The second-order valence-electron chi connectivity index (χ2n) is 7.71. The molecule has 0 saturated carbocycles. The van der Waals surface area contributed by atoms with Crippen molar-refractivity contribution in [3.63, 3.8) is 0 Å². The molecular weight excluding hydrogens is 337 g/mol. The molecule has 0 aromatic carbocycles. The highest BCUT2D eigenvalue weighted by molar-refractivity contribution is 5.86. The normalized spacial score (nSPS) is 22.0. The van der Waals surface area contributed by atoms with Crippen LogP contribution in [0.2, 0.25) is 0 Å². The summed E-state index contributed by atoms with van der Waals surface area (Å²) in [7, 11) is 0. The zero-order chi connectivity index (χ0) is 15.5. The lowest BCUT2D eigenvalue weighted by Gasteiger charge is -2.41. The van der Waals surface area contributed by atoms with Crippen LogP contribution >= 0.6 is 24.8 Å². The highest BCUT2D eigenvalue weighted by atomic mass is 35.5. The summed E-state index contributed by atoms with van der Waals surface area (Å²) < 4.78 is 5.32. The van der Waals surface area contributed by atoms with Gasteiger partial charge in [0.15, 0.2) is 0 Å². The van der Waals surface area contributed by atoms with Crippen molar-refractivity contribution in [3.8, 4) is 0 Å². The Hall–Kier alpha value is -0.0700. The van der Waals surface area contributed by atoms with Gasteiger partial charge in [-0.3, -0.25) is 9.69 Å². The molecule has 2 heterocycles. The minimum atomic E-state index is -0.689. The summed E-state index contributed by atoms with van der Waals surface area (Å²) in [5, 5.41) is 0. The summed E-state index contributed by atoms with van der Waals surface area (Å²) in [6, 6.07) is 0. The van der Waals surface area contributed by atoms with Crippen LogP contribution in [0.1, 0.15) is 40.0 Å². The van der Waals surface area contributed by atoms with Crippen molar-refractivity contribution in [2.45, 2.75) is 45.6 Å². The number of ether oxygens (including phenoxy) is 1. The molecule has 2 saturated heterocycles. The Labute approximate surface area is 153 Å². The Kier molecular flexibility index (Phi) is 9.39. The predicted octanol–water partition coefficient (Wildman–Crippen LogP) is 1.92. The van der Waals surface area contributed by atoms with Crippen LogP contribution in [0.25, 0.3) is 0 Å². The van der Waals surface area contributed by atoms with Gasteiger partial charge in [0, 0.05) is 39.4 Å². The number of rotatable bonds is 3. The van der Waals surface area contributed by atoms with Crippen LogP contribution < -0.4 is 5.73 Å². The van der Waals surface area contributed by atoms with Gasteiger partial charge in [0.2, 0.25) is 5.91 Å². The van der Waals surface area contributed by atoms with E-state index in [0.29, 0.717) is 31.5 Å². The standard InChI is InChI=1S/C16H31N3O2.2ClH/c1-15(2,3)4-7-18-8-10-19(11-9-18)14(20)16(17)5-12-21-13-6-16;;/h4-13,17H2,1-3H3;2*1H. The SMILES string of the molecule is CC(C)(C)CCN1CCN(C(=O)C2(N)CCOCC2)CC1.Cl.Cl. The van der Waals surface area contributed by atoms with Gasteiger partial charge < -0.3 is 15.4 Å². The molecule has 0 aromatic rings. The summed E-state index contributed by atoms with van der Waals surface area (Å²) in [5.74, 6) is 0.126.